The maximum Gasteiger partial charge on any atom is 0.245 e. The Balaban J connectivity index is 1.93. The molecule has 0 spiro atoms. The number of carbonyl (C=O) groups is 7. The summed E-state index contributed by atoms with van der Waals surface area (Å²) in [7, 11) is 0. The van der Waals surface area contributed by atoms with Crippen LogP contribution in [-0.2, 0) is 55.9 Å². The molecule has 0 radical (unpaired) electrons. The van der Waals surface area contributed by atoms with Crippen molar-refractivity contribution < 1.29 is 68.6 Å². The second-order valence-electron chi connectivity index (χ2n) is 16.6. The minimum Gasteiger partial charge on any atom is -0.508 e. The molecule has 0 saturated carbocycles. The SMILES string of the molecule is CC(C)[C@H](NC(=O)[C@@H](NC(=O)[C@@H](NC(=O)[C@H](Cc1ccccc1)NC(=O)[C@@H](C)NC(=O)[C@@H](N)Cc1ccc(O)cc1)[C@@H](C)O[C@H]1O[C@H](CO)[C@@H](O)[C@@H](O)[C@H]1O)C(C)C)C(=O)NCC(N)=O. The molecule has 2 aromatic carbocycles. The van der Waals surface area contributed by atoms with Crippen molar-refractivity contribution in [3.63, 3.8) is 0 Å². The summed E-state index contributed by atoms with van der Waals surface area (Å²) >= 11 is 0. The number of primary amides is 1. The molecule has 22 nitrogen and oxygen atoms in total. The predicted molar refractivity (Wildman–Crippen MR) is 231 cm³/mol. The van der Waals surface area contributed by atoms with E-state index in [1.54, 1.807) is 70.2 Å². The Morgan fingerprint density at radius 2 is 1.18 bits per heavy atom. The van der Waals surface area contributed by atoms with Crippen LogP contribution in [0.1, 0.15) is 52.7 Å². The predicted octanol–water partition coefficient (Wildman–Crippen LogP) is -3.93. The Morgan fingerprint density at radius 1 is 0.646 bits per heavy atom. The molecule has 3 rings (SSSR count). The van der Waals surface area contributed by atoms with Crippen molar-refractivity contribution >= 4 is 41.4 Å². The molecule has 1 aliphatic heterocycles. The summed E-state index contributed by atoms with van der Waals surface area (Å²) < 4.78 is 11.4. The number of rotatable bonds is 23. The molecule has 1 saturated heterocycles. The van der Waals surface area contributed by atoms with Crippen molar-refractivity contribution in [2.75, 3.05) is 13.2 Å². The fraction of sp³-hybridized carbons (Fsp3) is 0.558. The van der Waals surface area contributed by atoms with Crippen LogP contribution in [0.3, 0.4) is 0 Å². The number of amides is 7. The molecule has 12 atom stereocenters. The summed E-state index contributed by atoms with van der Waals surface area (Å²) in [6, 6.07) is 6.47. The summed E-state index contributed by atoms with van der Waals surface area (Å²) in [5.41, 5.74) is 12.5. The van der Waals surface area contributed by atoms with Crippen molar-refractivity contribution in [1.29, 1.82) is 0 Å². The first-order valence-electron chi connectivity index (χ1n) is 21.2. The number of phenolic OH excluding ortho intramolecular Hbond substituents is 1. The van der Waals surface area contributed by atoms with Crippen molar-refractivity contribution in [2.24, 2.45) is 23.3 Å². The first-order valence-corrected chi connectivity index (χ1v) is 21.2. The lowest BCUT2D eigenvalue weighted by molar-refractivity contribution is -0.311. The van der Waals surface area contributed by atoms with Gasteiger partial charge in [-0.05, 0) is 55.4 Å². The molecular weight excluding hydrogens is 853 g/mol. The van der Waals surface area contributed by atoms with E-state index in [0.29, 0.717) is 11.1 Å². The third-order valence-electron chi connectivity index (χ3n) is 10.6. The van der Waals surface area contributed by atoms with E-state index in [2.05, 4.69) is 31.9 Å². The molecule has 15 N–H and O–H groups in total. The number of aliphatic hydroxyl groups excluding tert-OH is 4. The Labute approximate surface area is 376 Å². The van der Waals surface area contributed by atoms with Gasteiger partial charge in [0.2, 0.25) is 41.4 Å². The first kappa shape index (κ1) is 53.6. The van der Waals surface area contributed by atoms with Gasteiger partial charge in [-0.2, -0.15) is 0 Å². The van der Waals surface area contributed by atoms with Crippen LogP contribution in [0.2, 0.25) is 0 Å². The molecule has 360 valence electrons. The van der Waals surface area contributed by atoms with Crippen LogP contribution in [-0.4, -0.2) is 153 Å². The zero-order chi connectivity index (χ0) is 48.7. The van der Waals surface area contributed by atoms with Gasteiger partial charge in [0.25, 0.3) is 0 Å². The second-order valence-corrected chi connectivity index (χ2v) is 16.6. The van der Waals surface area contributed by atoms with E-state index in [-0.39, 0.29) is 18.6 Å². The molecular formula is C43H64N8O14. The number of hydrogen-bond acceptors (Lipinski definition) is 15. The second kappa shape index (κ2) is 25.1. The van der Waals surface area contributed by atoms with Crippen LogP contribution in [0.4, 0.5) is 0 Å². The highest BCUT2D eigenvalue weighted by molar-refractivity contribution is 5.97. The Morgan fingerprint density at radius 3 is 1.74 bits per heavy atom. The molecule has 1 heterocycles. The lowest BCUT2D eigenvalue weighted by Crippen LogP contribution is -2.64. The van der Waals surface area contributed by atoms with Crippen LogP contribution in [0.25, 0.3) is 0 Å². The van der Waals surface area contributed by atoms with Crippen LogP contribution >= 0.6 is 0 Å². The van der Waals surface area contributed by atoms with Gasteiger partial charge in [-0.3, -0.25) is 33.6 Å². The number of aromatic hydroxyl groups is 1. The molecule has 0 unspecified atom stereocenters. The van der Waals surface area contributed by atoms with Crippen molar-refractivity contribution in [3.05, 3.63) is 65.7 Å². The largest absolute Gasteiger partial charge is 0.508 e. The molecule has 22 heteroatoms. The van der Waals surface area contributed by atoms with Gasteiger partial charge in [0.05, 0.1) is 25.3 Å². The monoisotopic (exact) mass is 916 g/mol. The standard InChI is InChI=1S/C43H64N8O14/c1-20(2)31(40(61)46-18-30(45)54)49-41(62)32(21(3)4)50-42(63)33(23(6)64-43-36(57)35(56)34(55)29(19-52)65-43)51-39(60)28(17-24-10-8-7-9-11-24)48-37(58)22(5)47-38(59)27(44)16-25-12-14-26(53)15-13-25/h7-15,20-23,27-29,31-36,43,52-53,55-57H,16-19,44H2,1-6H3,(H2,45,54)(H,46,61)(H,47,59)(H,48,58)(H,49,62)(H,50,63)(H,51,60)/t22-,23-,27+,28+,29-,31+,32+,33+,34-,35-,36-,43+/m1/s1. The summed E-state index contributed by atoms with van der Waals surface area (Å²) in [6.45, 7) is 7.82. The molecule has 1 fully saturated rings. The number of nitrogens with two attached hydrogens (primary N) is 2. The smallest absolute Gasteiger partial charge is 0.245 e. The molecule has 0 aromatic heterocycles. The van der Waals surface area contributed by atoms with Crippen LogP contribution in [0.5, 0.6) is 5.75 Å². The Bertz CT molecular complexity index is 1920. The number of nitrogens with one attached hydrogen (secondary N) is 6. The van der Waals surface area contributed by atoms with Gasteiger partial charge in [-0.25, -0.2) is 0 Å². The van der Waals surface area contributed by atoms with Gasteiger partial charge in [0.1, 0.15) is 60.4 Å². The minimum absolute atomic E-state index is 0.0269. The zero-order valence-corrected chi connectivity index (χ0v) is 37.2. The van der Waals surface area contributed by atoms with Gasteiger partial charge in [-0.1, -0.05) is 70.2 Å². The van der Waals surface area contributed by atoms with Gasteiger partial charge in [-0.15, -0.1) is 0 Å². The highest BCUT2D eigenvalue weighted by atomic mass is 16.7. The van der Waals surface area contributed by atoms with E-state index >= 15 is 0 Å². The van der Waals surface area contributed by atoms with Gasteiger partial charge < -0.3 is 78.4 Å². The van der Waals surface area contributed by atoms with E-state index in [1.807, 2.05) is 0 Å². The molecule has 7 amide bonds. The average molecular weight is 917 g/mol. The van der Waals surface area contributed by atoms with Crippen LogP contribution in [0, 0.1) is 11.8 Å². The van der Waals surface area contributed by atoms with Gasteiger partial charge in [0.15, 0.2) is 6.29 Å². The van der Waals surface area contributed by atoms with Crippen molar-refractivity contribution in [2.45, 2.75) is 127 Å². The topological polar surface area (TPSA) is 363 Å². The quantitative estimate of drug-likeness (QED) is 0.0506. The lowest BCUT2D eigenvalue weighted by Gasteiger charge is -2.41. The molecule has 65 heavy (non-hydrogen) atoms. The summed E-state index contributed by atoms with van der Waals surface area (Å²) in [5, 5.41) is 66.0. The van der Waals surface area contributed by atoms with E-state index in [9.17, 15) is 59.1 Å². The maximum absolute atomic E-state index is 14.4. The fourth-order valence-electron chi connectivity index (χ4n) is 6.68. The van der Waals surface area contributed by atoms with Crippen LogP contribution < -0.4 is 43.4 Å². The normalized spacial score (nSPS) is 21.6. The van der Waals surface area contributed by atoms with E-state index < -0.39 is 139 Å². The van der Waals surface area contributed by atoms with Gasteiger partial charge in [0, 0.05) is 6.42 Å². The van der Waals surface area contributed by atoms with Crippen molar-refractivity contribution in [3.8, 4) is 5.75 Å². The van der Waals surface area contributed by atoms with E-state index in [4.69, 9.17) is 20.9 Å². The average Bonchev–Trinajstić information content (AvgIpc) is 3.25. The van der Waals surface area contributed by atoms with E-state index in [0.717, 1.165) is 0 Å². The molecule has 1 aliphatic rings. The third kappa shape index (κ3) is 16.0. The summed E-state index contributed by atoms with van der Waals surface area (Å²) in [6.07, 6.45) is -10.2. The number of aliphatic hydroxyl groups is 4. The zero-order valence-electron chi connectivity index (χ0n) is 37.2. The maximum atomic E-state index is 14.4. The summed E-state index contributed by atoms with van der Waals surface area (Å²) in [5.74, 6) is -6.95. The highest BCUT2D eigenvalue weighted by Gasteiger charge is 2.46. The minimum atomic E-state index is -1.91. The lowest BCUT2D eigenvalue weighted by atomic mass is 9.98. The number of ether oxygens (including phenoxy) is 2. The molecule has 0 bridgehead atoms. The molecule has 0 aliphatic carbocycles. The van der Waals surface area contributed by atoms with Gasteiger partial charge >= 0.3 is 0 Å². The first-order chi connectivity index (χ1) is 30.5. The fourth-order valence-corrected chi connectivity index (χ4v) is 6.68. The number of carbonyl (C=O) groups excluding carboxylic acids is 7. The number of benzene rings is 2. The highest BCUT2D eigenvalue weighted by Crippen LogP contribution is 2.24. The number of phenols is 1. The Hall–Kier alpha value is -5.75. The third-order valence-corrected chi connectivity index (χ3v) is 10.6. The molecule has 2 aromatic rings. The summed E-state index contributed by atoms with van der Waals surface area (Å²) in [4.78, 5) is 93.4. The van der Waals surface area contributed by atoms with Crippen molar-refractivity contribution in [1.82, 2.24) is 31.9 Å². The van der Waals surface area contributed by atoms with Crippen LogP contribution in [0.15, 0.2) is 54.6 Å². The Kier molecular flexibility index (Phi) is 20.7. The number of hydrogen-bond donors (Lipinski definition) is 13. The van der Waals surface area contributed by atoms with E-state index in [1.165, 1.54) is 26.0 Å².